The minimum absolute atomic E-state index is 0.160. The van der Waals surface area contributed by atoms with Gasteiger partial charge in [-0.05, 0) is 54.8 Å². The molecule has 0 atom stereocenters. The Morgan fingerprint density at radius 2 is 1.79 bits per heavy atom. The van der Waals surface area contributed by atoms with Crippen LogP contribution in [0.25, 0.3) is 11.1 Å². The molecule has 0 radical (unpaired) electrons. The number of pyridine rings is 1. The Balaban J connectivity index is 1.45. The molecule has 1 aromatic heterocycles. The number of carbonyl (C=O) groups excluding carboxylic acids is 1. The van der Waals surface area contributed by atoms with Crippen LogP contribution < -0.4 is 9.64 Å². The number of rotatable bonds is 7. The van der Waals surface area contributed by atoms with Crippen LogP contribution in [-0.4, -0.2) is 55.2 Å². The van der Waals surface area contributed by atoms with Gasteiger partial charge in [0.25, 0.3) is 0 Å². The standard InChI is InChI=1S/C27H31N3O3/c1-20(2)33-27(31)25-12-7-13-28-26(25)30-16-14-29(15-17-30)19-22-8-4-5-11-24(22)21-9-6-10-23(18-21)32-3/h4-13,18,20H,14-17,19H2,1-3H3. The molecule has 0 saturated carbocycles. The molecule has 1 fully saturated rings. The highest BCUT2D eigenvalue weighted by Crippen LogP contribution is 2.28. The van der Waals surface area contributed by atoms with Crippen molar-refractivity contribution in [2.24, 2.45) is 0 Å². The van der Waals surface area contributed by atoms with E-state index in [4.69, 9.17) is 9.47 Å². The lowest BCUT2D eigenvalue weighted by molar-refractivity contribution is 0.0378. The van der Waals surface area contributed by atoms with Gasteiger partial charge in [0.2, 0.25) is 0 Å². The number of piperazine rings is 1. The number of hydrogen-bond acceptors (Lipinski definition) is 6. The SMILES string of the molecule is COc1cccc(-c2ccccc2CN2CCN(c3ncccc3C(=O)OC(C)C)CC2)c1. The van der Waals surface area contributed by atoms with Crippen molar-refractivity contribution < 1.29 is 14.3 Å². The number of methoxy groups -OCH3 is 1. The van der Waals surface area contributed by atoms with Crippen molar-refractivity contribution in [3.8, 4) is 16.9 Å². The molecule has 2 aromatic carbocycles. The Hall–Kier alpha value is -3.38. The topological polar surface area (TPSA) is 54.9 Å². The third-order valence-electron chi connectivity index (χ3n) is 5.81. The van der Waals surface area contributed by atoms with E-state index in [-0.39, 0.29) is 12.1 Å². The lowest BCUT2D eigenvalue weighted by Crippen LogP contribution is -2.46. The van der Waals surface area contributed by atoms with Crippen molar-refractivity contribution in [1.82, 2.24) is 9.88 Å². The third kappa shape index (κ3) is 5.52. The Morgan fingerprint density at radius 1 is 1.00 bits per heavy atom. The fourth-order valence-electron chi connectivity index (χ4n) is 4.17. The quantitative estimate of drug-likeness (QED) is 0.494. The van der Waals surface area contributed by atoms with E-state index in [0.717, 1.165) is 44.0 Å². The summed E-state index contributed by atoms with van der Waals surface area (Å²) >= 11 is 0. The fraction of sp³-hybridized carbons (Fsp3) is 0.333. The fourth-order valence-corrected chi connectivity index (χ4v) is 4.17. The van der Waals surface area contributed by atoms with Crippen molar-refractivity contribution in [3.05, 3.63) is 78.0 Å². The average Bonchev–Trinajstić information content (AvgIpc) is 2.84. The molecule has 0 bridgehead atoms. The van der Waals surface area contributed by atoms with Crippen LogP contribution in [0.15, 0.2) is 66.9 Å². The van der Waals surface area contributed by atoms with Gasteiger partial charge < -0.3 is 14.4 Å². The summed E-state index contributed by atoms with van der Waals surface area (Å²) in [6.07, 6.45) is 1.57. The molecule has 0 unspecified atom stereocenters. The van der Waals surface area contributed by atoms with Gasteiger partial charge in [0.1, 0.15) is 17.1 Å². The van der Waals surface area contributed by atoms with E-state index >= 15 is 0 Å². The normalized spacial score (nSPS) is 14.4. The molecule has 0 N–H and O–H groups in total. The zero-order chi connectivity index (χ0) is 23.2. The molecule has 1 aliphatic rings. The van der Waals surface area contributed by atoms with Gasteiger partial charge in [0, 0.05) is 38.9 Å². The molecule has 0 aliphatic carbocycles. The predicted octanol–water partition coefficient (Wildman–Crippen LogP) is 4.64. The number of aromatic nitrogens is 1. The van der Waals surface area contributed by atoms with Gasteiger partial charge >= 0.3 is 5.97 Å². The van der Waals surface area contributed by atoms with E-state index < -0.39 is 0 Å². The molecular weight excluding hydrogens is 414 g/mol. The first kappa shape index (κ1) is 22.8. The molecule has 0 spiro atoms. The monoisotopic (exact) mass is 445 g/mol. The highest BCUT2D eigenvalue weighted by atomic mass is 16.5. The zero-order valence-corrected chi connectivity index (χ0v) is 19.5. The molecule has 0 amide bonds. The van der Waals surface area contributed by atoms with Crippen molar-refractivity contribution >= 4 is 11.8 Å². The first-order valence-corrected chi connectivity index (χ1v) is 11.4. The largest absolute Gasteiger partial charge is 0.497 e. The Morgan fingerprint density at radius 3 is 2.55 bits per heavy atom. The van der Waals surface area contributed by atoms with E-state index in [2.05, 4.69) is 51.2 Å². The number of hydrogen-bond donors (Lipinski definition) is 0. The molecule has 2 heterocycles. The van der Waals surface area contributed by atoms with Crippen LogP contribution in [-0.2, 0) is 11.3 Å². The molecule has 6 heteroatoms. The summed E-state index contributed by atoms with van der Waals surface area (Å²) in [7, 11) is 1.69. The molecular formula is C27H31N3O3. The maximum atomic E-state index is 12.5. The number of esters is 1. The predicted molar refractivity (Wildman–Crippen MR) is 131 cm³/mol. The average molecular weight is 446 g/mol. The Kier molecular flexibility index (Phi) is 7.25. The van der Waals surface area contributed by atoms with Gasteiger partial charge in [0.15, 0.2) is 0 Å². The summed E-state index contributed by atoms with van der Waals surface area (Å²) in [4.78, 5) is 21.7. The number of nitrogens with zero attached hydrogens (tertiary/aromatic N) is 3. The lowest BCUT2D eigenvalue weighted by atomic mass is 9.99. The maximum Gasteiger partial charge on any atom is 0.342 e. The zero-order valence-electron chi connectivity index (χ0n) is 19.5. The highest BCUT2D eigenvalue weighted by Gasteiger charge is 2.24. The minimum Gasteiger partial charge on any atom is -0.497 e. The molecule has 1 aliphatic heterocycles. The van der Waals surface area contributed by atoms with Crippen LogP contribution in [0.4, 0.5) is 5.82 Å². The smallest absolute Gasteiger partial charge is 0.342 e. The number of benzene rings is 2. The summed E-state index contributed by atoms with van der Waals surface area (Å²) in [5.74, 6) is 1.25. The van der Waals surface area contributed by atoms with Crippen LogP contribution >= 0.6 is 0 Å². The summed E-state index contributed by atoms with van der Waals surface area (Å²) in [5, 5.41) is 0. The van der Waals surface area contributed by atoms with Crippen LogP contribution in [0.5, 0.6) is 5.75 Å². The second kappa shape index (κ2) is 10.5. The van der Waals surface area contributed by atoms with E-state index in [0.29, 0.717) is 11.4 Å². The molecule has 3 aromatic rings. The summed E-state index contributed by atoms with van der Waals surface area (Å²) in [6.45, 7) is 7.97. The molecule has 6 nitrogen and oxygen atoms in total. The van der Waals surface area contributed by atoms with E-state index in [1.54, 1.807) is 25.4 Å². The Labute approximate surface area is 195 Å². The van der Waals surface area contributed by atoms with Gasteiger partial charge in [-0.3, -0.25) is 4.90 Å². The van der Waals surface area contributed by atoms with Crippen LogP contribution in [0.1, 0.15) is 29.8 Å². The van der Waals surface area contributed by atoms with Crippen molar-refractivity contribution in [1.29, 1.82) is 0 Å². The first-order valence-electron chi connectivity index (χ1n) is 11.4. The first-order chi connectivity index (χ1) is 16.0. The highest BCUT2D eigenvalue weighted by molar-refractivity contribution is 5.94. The van der Waals surface area contributed by atoms with E-state index in [9.17, 15) is 4.79 Å². The molecule has 1 saturated heterocycles. The van der Waals surface area contributed by atoms with Gasteiger partial charge in [-0.15, -0.1) is 0 Å². The van der Waals surface area contributed by atoms with Gasteiger partial charge in [-0.25, -0.2) is 9.78 Å². The number of carbonyl (C=O) groups is 1. The van der Waals surface area contributed by atoms with Gasteiger partial charge in [-0.2, -0.15) is 0 Å². The van der Waals surface area contributed by atoms with Gasteiger partial charge in [-0.1, -0.05) is 36.4 Å². The van der Waals surface area contributed by atoms with E-state index in [1.165, 1.54) is 11.1 Å². The Bertz CT molecular complexity index is 1090. The maximum absolute atomic E-state index is 12.5. The molecule has 33 heavy (non-hydrogen) atoms. The van der Waals surface area contributed by atoms with Gasteiger partial charge in [0.05, 0.1) is 13.2 Å². The number of anilines is 1. The summed E-state index contributed by atoms with van der Waals surface area (Å²) < 4.78 is 10.8. The molecule has 172 valence electrons. The third-order valence-corrected chi connectivity index (χ3v) is 5.81. The summed E-state index contributed by atoms with van der Waals surface area (Å²) in [5.41, 5.74) is 4.20. The van der Waals surface area contributed by atoms with Crippen LogP contribution in [0.2, 0.25) is 0 Å². The van der Waals surface area contributed by atoms with Crippen LogP contribution in [0.3, 0.4) is 0 Å². The summed E-state index contributed by atoms with van der Waals surface area (Å²) in [6, 6.07) is 20.3. The van der Waals surface area contributed by atoms with Crippen molar-refractivity contribution in [3.63, 3.8) is 0 Å². The van der Waals surface area contributed by atoms with E-state index in [1.807, 2.05) is 26.0 Å². The van der Waals surface area contributed by atoms with Crippen LogP contribution in [0, 0.1) is 0 Å². The lowest BCUT2D eigenvalue weighted by Gasteiger charge is -2.36. The second-order valence-electron chi connectivity index (χ2n) is 8.48. The minimum atomic E-state index is -0.317. The van der Waals surface area contributed by atoms with Crippen molar-refractivity contribution in [2.45, 2.75) is 26.5 Å². The second-order valence-corrected chi connectivity index (χ2v) is 8.48. The number of ether oxygens (including phenoxy) is 2. The van der Waals surface area contributed by atoms with Crippen molar-refractivity contribution in [2.75, 3.05) is 38.2 Å². The molecule has 4 rings (SSSR count).